The molecule has 0 aliphatic heterocycles. The zero-order chi connectivity index (χ0) is 12.4. The molecule has 3 unspecified atom stereocenters. The lowest BCUT2D eigenvalue weighted by Crippen LogP contribution is -2.55. The van der Waals surface area contributed by atoms with Crippen LogP contribution in [0.5, 0.6) is 5.75 Å². The standard InChI is InChI=1S/C13H17ClO3/c1-3-16-13-10(15)7-12(13)17-11-5-4-8(2)6-9(11)14/h4-6,10,12-13,15H,3,7H2,1-2H3. The average Bonchev–Trinajstić information content (AvgIpc) is 2.28. The number of ether oxygens (including phenoxy) is 2. The third kappa shape index (κ3) is 2.73. The molecule has 3 atom stereocenters. The van der Waals surface area contributed by atoms with Crippen molar-refractivity contribution < 1.29 is 14.6 Å². The lowest BCUT2D eigenvalue weighted by Gasteiger charge is -2.40. The van der Waals surface area contributed by atoms with Gasteiger partial charge in [-0.2, -0.15) is 0 Å². The highest BCUT2D eigenvalue weighted by atomic mass is 35.5. The first-order valence-electron chi connectivity index (χ1n) is 5.84. The van der Waals surface area contributed by atoms with Crippen molar-refractivity contribution in [2.75, 3.05) is 6.61 Å². The van der Waals surface area contributed by atoms with E-state index in [4.69, 9.17) is 21.1 Å². The molecule has 2 rings (SSSR count). The van der Waals surface area contributed by atoms with Gasteiger partial charge in [-0.05, 0) is 31.5 Å². The SMILES string of the molecule is CCOC1C(O)CC1Oc1ccc(C)cc1Cl. The largest absolute Gasteiger partial charge is 0.486 e. The Kier molecular flexibility index (Phi) is 3.92. The summed E-state index contributed by atoms with van der Waals surface area (Å²) in [7, 11) is 0. The van der Waals surface area contributed by atoms with E-state index in [2.05, 4.69) is 0 Å². The summed E-state index contributed by atoms with van der Waals surface area (Å²) < 4.78 is 11.2. The first kappa shape index (κ1) is 12.7. The minimum Gasteiger partial charge on any atom is -0.486 e. The molecule has 1 fully saturated rings. The number of rotatable bonds is 4. The molecule has 1 aromatic carbocycles. The summed E-state index contributed by atoms with van der Waals surface area (Å²) in [6, 6.07) is 5.67. The number of aliphatic hydroxyl groups excluding tert-OH is 1. The van der Waals surface area contributed by atoms with Crippen LogP contribution in [0.3, 0.4) is 0 Å². The Labute approximate surface area is 106 Å². The second kappa shape index (κ2) is 5.25. The maximum Gasteiger partial charge on any atom is 0.138 e. The fraction of sp³-hybridized carbons (Fsp3) is 0.538. The third-order valence-electron chi connectivity index (χ3n) is 2.94. The van der Waals surface area contributed by atoms with E-state index in [9.17, 15) is 5.11 Å². The van der Waals surface area contributed by atoms with Crippen molar-refractivity contribution in [3.63, 3.8) is 0 Å². The molecule has 17 heavy (non-hydrogen) atoms. The van der Waals surface area contributed by atoms with Crippen LogP contribution in [0.4, 0.5) is 0 Å². The van der Waals surface area contributed by atoms with Crippen molar-refractivity contribution in [3.8, 4) is 5.75 Å². The summed E-state index contributed by atoms with van der Waals surface area (Å²) in [4.78, 5) is 0. The molecular formula is C13H17ClO3. The predicted molar refractivity (Wildman–Crippen MR) is 66.6 cm³/mol. The Morgan fingerprint density at radius 3 is 2.82 bits per heavy atom. The maximum atomic E-state index is 9.56. The smallest absolute Gasteiger partial charge is 0.138 e. The zero-order valence-corrected chi connectivity index (χ0v) is 10.8. The molecule has 0 bridgehead atoms. The molecule has 0 amide bonds. The van der Waals surface area contributed by atoms with Gasteiger partial charge < -0.3 is 14.6 Å². The highest BCUT2D eigenvalue weighted by molar-refractivity contribution is 6.32. The number of halogens is 1. The van der Waals surface area contributed by atoms with Gasteiger partial charge in [0.15, 0.2) is 0 Å². The normalized spacial score (nSPS) is 27.6. The lowest BCUT2D eigenvalue weighted by molar-refractivity contribution is -0.160. The van der Waals surface area contributed by atoms with E-state index in [0.717, 1.165) is 5.56 Å². The van der Waals surface area contributed by atoms with Crippen LogP contribution in [0.15, 0.2) is 18.2 Å². The molecule has 0 spiro atoms. The highest BCUT2D eigenvalue weighted by Crippen LogP contribution is 2.33. The number of hydrogen-bond acceptors (Lipinski definition) is 3. The summed E-state index contributed by atoms with van der Waals surface area (Å²) in [6.45, 7) is 4.45. The average molecular weight is 257 g/mol. The van der Waals surface area contributed by atoms with E-state index in [-0.39, 0.29) is 12.2 Å². The molecule has 0 saturated heterocycles. The van der Waals surface area contributed by atoms with Gasteiger partial charge in [0.05, 0.1) is 11.1 Å². The minimum absolute atomic E-state index is 0.106. The van der Waals surface area contributed by atoms with Crippen molar-refractivity contribution in [3.05, 3.63) is 28.8 Å². The van der Waals surface area contributed by atoms with E-state index >= 15 is 0 Å². The van der Waals surface area contributed by atoms with Crippen LogP contribution in [0, 0.1) is 6.92 Å². The fourth-order valence-corrected chi connectivity index (χ4v) is 2.23. The van der Waals surface area contributed by atoms with Gasteiger partial charge in [0.2, 0.25) is 0 Å². The molecule has 0 aromatic heterocycles. The molecular weight excluding hydrogens is 240 g/mol. The number of aryl methyl sites for hydroxylation is 1. The Balaban J connectivity index is 2.01. The van der Waals surface area contributed by atoms with Gasteiger partial charge in [0.25, 0.3) is 0 Å². The van der Waals surface area contributed by atoms with Crippen molar-refractivity contribution >= 4 is 11.6 Å². The van der Waals surface area contributed by atoms with E-state index in [1.807, 2.05) is 32.0 Å². The molecule has 1 aliphatic rings. The molecule has 94 valence electrons. The van der Waals surface area contributed by atoms with Gasteiger partial charge in [-0.15, -0.1) is 0 Å². The van der Waals surface area contributed by atoms with Crippen LogP contribution in [0.1, 0.15) is 18.9 Å². The van der Waals surface area contributed by atoms with Crippen molar-refractivity contribution in [1.82, 2.24) is 0 Å². The minimum atomic E-state index is -0.427. The monoisotopic (exact) mass is 256 g/mol. The molecule has 4 heteroatoms. The topological polar surface area (TPSA) is 38.7 Å². The second-order valence-electron chi connectivity index (χ2n) is 4.31. The highest BCUT2D eigenvalue weighted by Gasteiger charge is 2.42. The van der Waals surface area contributed by atoms with Crippen molar-refractivity contribution in [2.45, 2.75) is 38.6 Å². The summed E-state index contributed by atoms with van der Waals surface area (Å²) >= 11 is 6.09. The summed E-state index contributed by atoms with van der Waals surface area (Å²) in [6.07, 6.45) is -0.179. The van der Waals surface area contributed by atoms with Crippen LogP contribution in [-0.4, -0.2) is 30.0 Å². The Bertz CT molecular complexity index is 394. The van der Waals surface area contributed by atoms with Crippen molar-refractivity contribution in [1.29, 1.82) is 0 Å². The van der Waals surface area contributed by atoms with Crippen LogP contribution < -0.4 is 4.74 Å². The predicted octanol–water partition coefficient (Wildman–Crippen LogP) is 2.57. The van der Waals surface area contributed by atoms with Gasteiger partial charge in [0, 0.05) is 13.0 Å². The number of benzene rings is 1. The molecule has 1 aliphatic carbocycles. The van der Waals surface area contributed by atoms with Crippen LogP contribution in [0.25, 0.3) is 0 Å². The van der Waals surface area contributed by atoms with E-state index < -0.39 is 6.10 Å². The Morgan fingerprint density at radius 2 is 2.24 bits per heavy atom. The Morgan fingerprint density at radius 1 is 1.47 bits per heavy atom. The summed E-state index contributed by atoms with van der Waals surface area (Å²) in [5, 5.41) is 10.2. The first-order chi connectivity index (χ1) is 8.11. The Hall–Kier alpha value is -0.770. The fourth-order valence-electron chi connectivity index (χ4n) is 1.95. The second-order valence-corrected chi connectivity index (χ2v) is 4.72. The third-order valence-corrected chi connectivity index (χ3v) is 3.24. The van der Waals surface area contributed by atoms with Crippen LogP contribution in [-0.2, 0) is 4.74 Å². The van der Waals surface area contributed by atoms with E-state index in [1.165, 1.54) is 0 Å². The summed E-state index contributed by atoms with van der Waals surface area (Å²) in [5.74, 6) is 0.652. The molecule has 0 heterocycles. The summed E-state index contributed by atoms with van der Waals surface area (Å²) in [5.41, 5.74) is 1.09. The maximum absolute atomic E-state index is 9.56. The molecule has 1 saturated carbocycles. The lowest BCUT2D eigenvalue weighted by atomic mass is 9.88. The van der Waals surface area contributed by atoms with Gasteiger partial charge in [-0.25, -0.2) is 0 Å². The van der Waals surface area contributed by atoms with Gasteiger partial charge in [0.1, 0.15) is 18.0 Å². The molecule has 0 radical (unpaired) electrons. The quantitative estimate of drug-likeness (QED) is 0.900. The van der Waals surface area contributed by atoms with E-state index in [0.29, 0.717) is 23.8 Å². The first-order valence-corrected chi connectivity index (χ1v) is 6.22. The number of aliphatic hydroxyl groups is 1. The van der Waals surface area contributed by atoms with Gasteiger partial charge in [-0.1, -0.05) is 17.7 Å². The molecule has 1 aromatic rings. The number of hydrogen-bond donors (Lipinski definition) is 1. The van der Waals surface area contributed by atoms with Gasteiger partial charge in [-0.3, -0.25) is 0 Å². The van der Waals surface area contributed by atoms with E-state index in [1.54, 1.807) is 0 Å². The van der Waals surface area contributed by atoms with Crippen LogP contribution >= 0.6 is 11.6 Å². The van der Waals surface area contributed by atoms with Crippen molar-refractivity contribution in [2.24, 2.45) is 0 Å². The zero-order valence-electron chi connectivity index (χ0n) is 10.0. The van der Waals surface area contributed by atoms with Gasteiger partial charge >= 0.3 is 0 Å². The molecule has 1 N–H and O–H groups in total. The molecule has 3 nitrogen and oxygen atoms in total. The van der Waals surface area contributed by atoms with Crippen LogP contribution in [0.2, 0.25) is 5.02 Å².